The van der Waals surface area contributed by atoms with Crippen molar-refractivity contribution in [1.29, 1.82) is 10.7 Å². The van der Waals surface area contributed by atoms with Gasteiger partial charge in [0.25, 0.3) is 0 Å². The number of benzene rings is 2. The van der Waals surface area contributed by atoms with Crippen LogP contribution in [0, 0.1) is 22.6 Å². The van der Waals surface area contributed by atoms with E-state index in [2.05, 4.69) is 25.8 Å². The van der Waals surface area contributed by atoms with Crippen molar-refractivity contribution in [2.75, 3.05) is 24.5 Å². The van der Waals surface area contributed by atoms with E-state index < -0.39 is 11.9 Å². The summed E-state index contributed by atoms with van der Waals surface area (Å²) in [5, 5.41) is 23.6. The molecule has 0 aliphatic heterocycles. The molecule has 0 radical (unpaired) electrons. The minimum absolute atomic E-state index is 0.0542. The van der Waals surface area contributed by atoms with E-state index in [0.717, 1.165) is 0 Å². The van der Waals surface area contributed by atoms with Gasteiger partial charge in [-0.2, -0.15) is 10.4 Å². The molecule has 0 bridgehead atoms. The minimum Gasteiger partial charge on any atom is -0.497 e. The normalized spacial score (nSPS) is 11.7. The van der Waals surface area contributed by atoms with Gasteiger partial charge in [-0.1, -0.05) is 0 Å². The molecule has 1 heterocycles. The average Bonchev–Trinajstić information content (AvgIpc) is 2.86. The number of nitrogens with one attached hydrogen (secondary N) is 3. The third kappa shape index (κ3) is 5.86. The molecule has 12 heteroatoms. The van der Waals surface area contributed by atoms with Crippen LogP contribution in [0.2, 0.25) is 0 Å². The van der Waals surface area contributed by atoms with Gasteiger partial charge < -0.3 is 26.3 Å². The first kappa shape index (κ1) is 23.7. The van der Waals surface area contributed by atoms with Gasteiger partial charge in [0.05, 0.1) is 7.11 Å². The molecule has 34 heavy (non-hydrogen) atoms. The first-order valence-electron chi connectivity index (χ1n) is 9.87. The number of aromatic nitrogens is 2. The molecule has 1 unspecified atom stereocenters. The van der Waals surface area contributed by atoms with Crippen LogP contribution in [0.4, 0.5) is 16.0 Å². The number of nitrogen functional groups attached to an aromatic ring is 1. The molecule has 2 aromatic carbocycles. The molecule has 7 N–H and O–H groups in total. The number of hydrogen-bond donors (Lipinski definition) is 5. The van der Waals surface area contributed by atoms with E-state index in [-0.39, 0.29) is 41.3 Å². The number of nitriles is 1. The predicted octanol–water partition coefficient (Wildman–Crippen LogP) is 2.35. The molecule has 3 rings (SSSR count). The van der Waals surface area contributed by atoms with Crippen LogP contribution >= 0.6 is 0 Å². The second kappa shape index (κ2) is 11.1. The number of nitrogens with zero attached hydrogens (tertiary/aromatic N) is 4. The van der Waals surface area contributed by atoms with Crippen LogP contribution in [-0.4, -0.2) is 35.4 Å². The van der Waals surface area contributed by atoms with Crippen LogP contribution in [0.5, 0.6) is 11.5 Å². The van der Waals surface area contributed by atoms with Crippen LogP contribution < -0.4 is 31.7 Å². The number of rotatable bonds is 10. The first-order valence-corrected chi connectivity index (χ1v) is 9.87. The van der Waals surface area contributed by atoms with E-state index in [1.54, 1.807) is 36.4 Å². The molecule has 1 atom stereocenters. The number of halogens is 1. The molecule has 174 valence electrons. The molecule has 0 fully saturated rings. The van der Waals surface area contributed by atoms with Crippen molar-refractivity contribution in [2.24, 2.45) is 16.6 Å². The highest BCUT2D eigenvalue weighted by atomic mass is 19.1. The maximum Gasteiger partial charge on any atom is 0.243 e. The van der Waals surface area contributed by atoms with Gasteiger partial charge in [0, 0.05) is 35.3 Å². The van der Waals surface area contributed by atoms with E-state index in [9.17, 15) is 0 Å². The lowest BCUT2D eigenvalue weighted by Crippen LogP contribution is -2.30. The number of amidine groups is 2. The number of anilines is 2. The van der Waals surface area contributed by atoms with E-state index in [1.165, 1.54) is 31.6 Å². The molecule has 1 aromatic heterocycles. The van der Waals surface area contributed by atoms with E-state index in [4.69, 9.17) is 31.6 Å². The van der Waals surface area contributed by atoms with Crippen molar-refractivity contribution in [1.82, 2.24) is 9.97 Å². The van der Waals surface area contributed by atoms with Gasteiger partial charge in [0.2, 0.25) is 5.95 Å². The van der Waals surface area contributed by atoms with Gasteiger partial charge in [-0.15, -0.1) is 0 Å². The van der Waals surface area contributed by atoms with Gasteiger partial charge in [-0.05, 0) is 36.4 Å². The fraction of sp³-hybridized carbons (Fsp3) is 0.136. The summed E-state index contributed by atoms with van der Waals surface area (Å²) in [7, 11) is 1.42. The maximum absolute atomic E-state index is 15.4. The van der Waals surface area contributed by atoms with Crippen molar-refractivity contribution in [3.05, 3.63) is 71.8 Å². The Morgan fingerprint density at radius 3 is 2.56 bits per heavy atom. The maximum atomic E-state index is 15.4. The van der Waals surface area contributed by atoms with E-state index in [1.807, 2.05) is 0 Å². The van der Waals surface area contributed by atoms with Crippen LogP contribution in [0.15, 0.2) is 60.0 Å². The number of hydrogen-bond acceptors (Lipinski definition) is 9. The van der Waals surface area contributed by atoms with Crippen molar-refractivity contribution < 1.29 is 13.9 Å². The first-order chi connectivity index (χ1) is 16.4. The van der Waals surface area contributed by atoms with Crippen molar-refractivity contribution in [3.63, 3.8) is 0 Å². The lowest BCUT2D eigenvalue weighted by Gasteiger charge is -2.22. The lowest BCUT2D eigenvalue weighted by molar-refractivity contribution is 0.338. The molecular formula is C22H22FN9O2. The zero-order valence-electron chi connectivity index (χ0n) is 18.1. The third-order valence-electron chi connectivity index (χ3n) is 4.53. The third-order valence-corrected chi connectivity index (χ3v) is 4.53. The summed E-state index contributed by atoms with van der Waals surface area (Å²) < 4.78 is 25.9. The molecule has 11 nitrogen and oxygen atoms in total. The zero-order valence-corrected chi connectivity index (χ0v) is 18.1. The quantitative estimate of drug-likeness (QED) is 0.171. The van der Waals surface area contributed by atoms with Crippen LogP contribution in [-0.2, 0) is 0 Å². The Labute approximate surface area is 194 Å². The molecule has 3 aromatic rings. The highest BCUT2D eigenvalue weighted by molar-refractivity contribution is 5.95. The van der Waals surface area contributed by atoms with Gasteiger partial charge in [0.1, 0.15) is 29.5 Å². The molecular weight excluding hydrogens is 441 g/mol. The van der Waals surface area contributed by atoms with Crippen LogP contribution in [0.1, 0.15) is 17.2 Å². The van der Waals surface area contributed by atoms with Crippen molar-refractivity contribution in [3.8, 4) is 17.6 Å². The average molecular weight is 463 g/mol. The van der Waals surface area contributed by atoms with Gasteiger partial charge in [-0.25, -0.2) is 19.8 Å². The topological polar surface area (TPSA) is 180 Å². The SMILES string of the molecule is COc1cc(OCC#N)c(F)c(C(Nc2ccc(C(=N)N)cc2)/C(N)=N/Nc2ncccn2)c1. The summed E-state index contributed by atoms with van der Waals surface area (Å²) in [4.78, 5) is 8.01. The van der Waals surface area contributed by atoms with Crippen molar-refractivity contribution in [2.45, 2.75) is 6.04 Å². The molecule has 0 saturated carbocycles. The summed E-state index contributed by atoms with van der Waals surface area (Å²) in [5.41, 5.74) is 15.5. The largest absolute Gasteiger partial charge is 0.497 e. The molecule has 0 amide bonds. The summed E-state index contributed by atoms with van der Waals surface area (Å²) in [6.45, 7) is -0.357. The van der Waals surface area contributed by atoms with Crippen molar-refractivity contribution >= 4 is 23.3 Å². The molecule has 0 aliphatic carbocycles. The van der Waals surface area contributed by atoms with Crippen LogP contribution in [0.3, 0.4) is 0 Å². The number of ether oxygens (including phenoxy) is 2. The number of methoxy groups -OCH3 is 1. The standard InChI is InChI=1S/C22H22FN9O2/c1-33-15-11-16(18(23)17(12-15)34-10-7-24)19(21(27)31-32-22-28-8-2-9-29-22)30-14-5-3-13(4-6-14)20(25)26/h2-6,8-9,11-12,19,30H,10H2,1H3,(H3,25,26)(H2,27,31)(H,28,29,32). The Morgan fingerprint density at radius 2 is 1.94 bits per heavy atom. The summed E-state index contributed by atoms with van der Waals surface area (Å²) in [6, 6.07) is 11.8. The lowest BCUT2D eigenvalue weighted by atomic mass is 10.0. The van der Waals surface area contributed by atoms with Gasteiger partial charge in [-0.3, -0.25) is 5.41 Å². The van der Waals surface area contributed by atoms with Gasteiger partial charge in [0.15, 0.2) is 18.2 Å². The Morgan fingerprint density at radius 1 is 1.24 bits per heavy atom. The second-order valence-electron chi connectivity index (χ2n) is 6.76. The zero-order chi connectivity index (χ0) is 24.5. The summed E-state index contributed by atoms with van der Waals surface area (Å²) in [5.74, 6) is -0.588. The highest BCUT2D eigenvalue weighted by Crippen LogP contribution is 2.33. The molecule has 0 saturated heterocycles. The predicted molar refractivity (Wildman–Crippen MR) is 125 cm³/mol. The minimum atomic E-state index is -1.00. The summed E-state index contributed by atoms with van der Waals surface area (Å²) in [6.07, 6.45) is 3.04. The summed E-state index contributed by atoms with van der Waals surface area (Å²) >= 11 is 0. The molecule has 0 spiro atoms. The van der Waals surface area contributed by atoms with Crippen LogP contribution in [0.25, 0.3) is 0 Å². The molecule has 0 aliphatic rings. The van der Waals surface area contributed by atoms with Gasteiger partial charge >= 0.3 is 0 Å². The fourth-order valence-corrected chi connectivity index (χ4v) is 2.90. The monoisotopic (exact) mass is 463 g/mol. The number of hydrazone groups is 1. The highest BCUT2D eigenvalue weighted by Gasteiger charge is 2.24. The smallest absolute Gasteiger partial charge is 0.243 e. The second-order valence-corrected chi connectivity index (χ2v) is 6.76. The Kier molecular flexibility index (Phi) is 7.75. The Bertz CT molecular complexity index is 1210. The van der Waals surface area contributed by atoms with E-state index in [0.29, 0.717) is 11.3 Å². The Balaban J connectivity index is 2.03. The number of nitrogens with two attached hydrogens (primary N) is 2. The van der Waals surface area contributed by atoms with E-state index >= 15 is 4.39 Å². The fourth-order valence-electron chi connectivity index (χ4n) is 2.90. The Hall–Kier alpha value is -4.92.